The van der Waals surface area contributed by atoms with Crippen LogP contribution < -0.4 is 9.64 Å². The lowest BCUT2D eigenvalue weighted by Gasteiger charge is -2.32. The van der Waals surface area contributed by atoms with Crippen molar-refractivity contribution >= 4 is 11.6 Å². The van der Waals surface area contributed by atoms with E-state index in [1.54, 1.807) is 17.9 Å². The lowest BCUT2D eigenvalue weighted by molar-refractivity contribution is -0.125. The Bertz CT molecular complexity index is 433. The molecule has 5 heteroatoms. The molecule has 92 valence electrons. The molecule has 1 aliphatic heterocycles. The topological polar surface area (TPSA) is 70.0 Å². The van der Waals surface area contributed by atoms with Crippen LogP contribution in [0.1, 0.15) is 13.3 Å². The number of hydrogen-bond acceptors (Lipinski definition) is 4. The van der Waals surface area contributed by atoms with Crippen LogP contribution in [0.4, 0.5) is 5.69 Å². The second-order valence-corrected chi connectivity index (χ2v) is 3.98. The van der Waals surface area contributed by atoms with Crippen molar-refractivity contribution in [1.82, 2.24) is 0 Å². The van der Waals surface area contributed by atoms with Gasteiger partial charge in [-0.1, -0.05) is 0 Å². The van der Waals surface area contributed by atoms with E-state index in [1.807, 2.05) is 0 Å². The van der Waals surface area contributed by atoms with Crippen molar-refractivity contribution in [1.29, 1.82) is 0 Å². The number of phenolic OH excluding ortho intramolecular Hbond substituents is 1. The summed E-state index contributed by atoms with van der Waals surface area (Å²) in [6.07, 6.45) is -0.0540. The third kappa shape index (κ3) is 2.19. The number of phenols is 1. The third-order valence-electron chi connectivity index (χ3n) is 2.69. The molecule has 1 atom stereocenters. The molecule has 1 amide bonds. The first-order valence-corrected chi connectivity index (χ1v) is 5.55. The zero-order valence-corrected chi connectivity index (χ0v) is 9.59. The van der Waals surface area contributed by atoms with E-state index in [-0.39, 0.29) is 18.3 Å². The highest BCUT2D eigenvalue weighted by molar-refractivity contribution is 5.99. The minimum absolute atomic E-state index is 0.0342. The molecule has 0 bridgehead atoms. The van der Waals surface area contributed by atoms with Gasteiger partial charge in [0, 0.05) is 19.2 Å². The van der Waals surface area contributed by atoms with E-state index in [1.165, 1.54) is 12.1 Å². The van der Waals surface area contributed by atoms with Gasteiger partial charge in [0.15, 0.2) is 6.10 Å². The maximum atomic E-state index is 11.9. The van der Waals surface area contributed by atoms with E-state index in [4.69, 9.17) is 9.84 Å². The van der Waals surface area contributed by atoms with Crippen LogP contribution in [0.2, 0.25) is 0 Å². The van der Waals surface area contributed by atoms with Crippen LogP contribution >= 0.6 is 0 Å². The van der Waals surface area contributed by atoms with Gasteiger partial charge < -0.3 is 19.8 Å². The average Bonchev–Trinajstić information content (AvgIpc) is 2.30. The summed E-state index contributed by atoms with van der Waals surface area (Å²) in [6.45, 7) is 2.15. The molecule has 1 aromatic rings. The highest BCUT2D eigenvalue weighted by Gasteiger charge is 2.31. The Balaban J connectivity index is 2.34. The van der Waals surface area contributed by atoms with E-state index in [0.29, 0.717) is 24.4 Å². The Hall–Kier alpha value is -1.75. The van der Waals surface area contributed by atoms with Gasteiger partial charge in [0.1, 0.15) is 11.5 Å². The number of carbonyl (C=O) groups is 1. The standard InChI is InChI=1S/C12H15NO4/c1-8-12(16)13(5-2-6-14)10-4-3-9(15)7-11(10)17-8/h3-4,7-8,14-15H,2,5-6H2,1H3. The summed E-state index contributed by atoms with van der Waals surface area (Å²) in [5.41, 5.74) is 0.638. The fraction of sp³-hybridized carbons (Fsp3) is 0.417. The quantitative estimate of drug-likeness (QED) is 0.819. The largest absolute Gasteiger partial charge is 0.508 e. The van der Waals surface area contributed by atoms with Gasteiger partial charge in [0.2, 0.25) is 0 Å². The fourth-order valence-electron chi connectivity index (χ4n) is 1.86. The Labute approximate surface area is 99.2 Å². The van der Waals surface area contributed by atoms with Crippen molar-refractivity contribution in [3.05, 3.63) is 18.2 Å². The Kier molecular flexibility index (Phi) is 3.19. The molecule has 0 spiro atoms. The number of nitrogens with zero attached hydrogens (tertiary/aromatic N) is 1. The van der Waals surface area contributed by atoms with Crippen molar-refractivity contribution in [3.8, 4) is 11.5 Å². The number of aliphatic hydroxyl groups excluding tert-OH is 1. The summed E-state index contributed by atoms with van der Waals surface area (Å²) in [5.74, 6) is 0.471. The van der Waals surface area contributed by atoms with Gasteiger partial charge in [-0.05, 0) is 25.5 Å². The van der Waals surface area contributed by atoms with Crippen LogP contribution in [0, 0.1) is 0 Å². The van der Waals surface area contributed by atoms with Gasteiger partial charge in [0.25, 0.3) is 5.91 Å². The number of amides is 1. The molecule has 2 N–H and O–H groups in total. The first kappa shape index (κ1) is 11.7. The summed E-state index contributed by atoms with van der Waals surface area (Å²) in [6, 6.07) is 4.65. The van der Waals surface area contributed by atoms with Gasteiger partial charge in [-0.2, -0.15) is 0 Å². The zero-order valence-electron chi connectivity index (χ0n) is 9.59. The smallest absolute Gasteiger partial charge is 0.267 e. The molecule has 17 heavy (non-hydrogen) atoms. The van der Waals surface area contributed by atoms with Crippen molar-refractivity contribution in [2.24, 2.45) is 0 Å². The second-order valence-electron chi connectivity index (χ2n) is 3.98. The molecule has 0 fully saturated rings. The molecule has 1 aromatic carbocycles. The molecule has 0 aliphatic carbocycles. The van der Waals surface area contributed by atoms with E-state index >= 15 is 0 Å². The number of aromatic hydroxyl groups is 1. The molecule has 0 radical (unpaired) electrons. The van der Waals surface area contributed by atoms with Crippen LogP contribution in [-0.2, 0) is 4.79 Å². The monoisotopic (exact) mass is 237 g/mol. The van der Waals surface area contributed by atoms with Crippen molar-refractivity contribution < 1.29 is 19.7 Å². The molecule has 0 saturated heterocycles. The Morgan fingerprint density at radius 3 is 2.94 bits per heavy atom. The van der Waals surface area contributed by atoms with E-state index in [9.17, 15) is 9.90 Å². The van der Waals surface area contributed by atoms with Gasteiger partial charge in [0.05, 0.1) is 5.69 Å². The van der Waals surface area contributed by atoms with Gasteiger partial charge in [-0.15, -0.1) is 0 Å². The maximum Gasteiger partial charge on any atom is 0.267 e. The molecule has 5 nitrogen and oxygen atoms in total. The van der Waals surface area contributed by atoms with E-state index in [0.717, 1.165) is 0 Å². The molecule has 1 aliphatic rings. The summed E-state index contributed by atoms with van der Waals surface area (Å²) in [7, 11) is 0. The van der Waals surface area contributed by atoms with Crippen LogP contribution in [0.15, 0.2) is 18.2 Å². The summed E-state index contributed by atoms with van der Waals surface area (Å²) >= 11 is 0. The highest BCUT2D eigenvalue weighted by atomic mass is 16.5. The SMILES string of the molecule is CC1Oc2cc(O)ccc2N(CCCO)C1=O. The number of hydrogen-bond donors (Lipinski definition) is 2. The molecule has 1 unspecified atom stereocenters. The predicted molar refractivity (Wildman–Crippen MR) is 62.3 cm³/mol. The van der Waals surface area contributed by atoms with Crippen LogP contribution in [0.3, 0.4) is 0 Å². The van der Waals surface area contributed by atoms with Crippen LogP contribution in [0.25, 0.3) is 0 Å². The molecular weight excluding hydrogens is 222 g/mol. The van der Waals surface area contributed by atoms with E-state index < -0.39 is 6.10 Å². The molecule has 2 rings (SSSR count). The molecule has 1 heterocycles. The number of aliphatic hydroxyl groups is 1. The van der Waals surface area contributed by atoms with Gasteiger partial charge in [-0.3, -0.25) is 4.79 Å². The van der Waals surface area contributed by atoms with Gasteiger partial charge in [-0.25, -0.2) is 0 Å². The zero-order chi connectivity index (χ0) is 12.4. The van der Waals surface area contributed by atoms with Crippen molar-refractivity contribution in [3.63, 3.8) is 0 Å². The Morgan fingerprint density at radius 1 is 1.47 bits per heavy atom. The predicted octanol–water partition coefficient (Wildman–Crippen LogP) is 0.888. The normalized spacial score (nSPS) is 18.8. The lowest BCUT2D eigenvalue weighted by atomic mass is 10.1. The minimum atomic E-state index is -0.567. The summed E-state index contributed by atoms with van der Waals surface area (Å²) in [5, 5.41) is 18.2. The number of ether oxygens (including phenoxy) is 1. The fourth-order valence-corrected chi connectivity index (χ4v) is 1.86. The van der Waals surface area contributed by atoms with Crippen LogP contribution in [0.5, 0.6) is 11.5 Å². The number of carbonyl (C=O) groups excluding carboxylic acids is 1. The van der Waals surface area contributed by atoms with Gasteiger partial charge >= 0.3 is 0 Å². The maximum absolute atomic E-state index is 11.9. The Morgan fingerprint density at radius 2 is 2.24 bits per heavy atom. The molecular formula is C12H15NO4. The third-order valence-corrected chi connectivity index (χ3v) is 2.69. The second kappa shape index (κ2) is 4.63. The van der Waals surface area contributed by atoms with Crippen LogP contribution in [-0.4, -0.2) is 35.4 Å². The summed E-state index contributed by atoms with van der Waals surface area (Å²) < 4.78 is 5.42. The number of anilines is 1. The van der Waals surface area contributed by atoms with E-state index in [2.05, 4.69) is 0 Å². The first-order valence-electron chi connectivity index (χ1n) is 5.55. The molecule has 0 aromatic heterocycles. The van der Waals surface area contributed by atoms with Crippen molar-refractivity contribution in [2.45, 2.75) is 19.4 Å². The first-order chi connectivity index (χ1) is 8.13. The summed E-state index contributed by atoms with van der Waals surface area (Å²) in [4.78, 5) is 13.5. The molecule has 0 saturated carbocycles. The number of fused-ring (bicyclic) bond motifs is 1. The highest BCUT2D eigenvalue weighted by Crippen LogP contribution is 2.36. The number of rotatable bonds is 3. The minimum Gasteiger partial charge on any atom is -0.508 e. The lowest BCUT2D eigenvalue weighted by Crippen LogP contribution is -2.45. The number of benzene rings is 1. The average molecular weight is 237 g/mol. The van der Waals surface area contributed by atoms with Crippen molar-refractivity contribution in [2.75, 3.05) is 18.1 Å².